The van der Waals surface area contributed by atoms with E-state index in [1.165, 1.54) is 19.2 Å². The molecule has 1 aromatic heterocycles. The van der Waals surface area contributed by atoms with E-state index in [1.54, 1.807) is 24.3 Å². The van der Waals surface area contributed by atoms with Crippen molar-refractivity contribution in [1.82, 2.24) is 10.2 Å². The first-order valence-electron chi connectivity index (χ1n) is 11.1. The van der Waals surface area contributed by atoms with Crippen LogP contribution in [-0.4, -0.2) is 36.5 Å². The number of furan rings is 1. The number of ether oxygens (including phenoxy) is 3. The normalized spacial score (nSPS) is 14.2. The van der Waals surface area contributed by atoms with E-state index in [1.807, 2.05) is 25.1 Å². The second-order valence-electron chi connectivity index (χ2n) is 7.80. The standard InChI is InChI=1S/C26H22Br2N2O7/c1-3-35-23-11-15(4-8-21(23)36-14-16-5-6-17(27)12-19(16)28)10-20-24(31)30(26(33)29-20)13-18-7-9-22(37-18)25(32)34-2/h4-12H,3,13-14H2,1-2H3,(H,29,33)/b20-10-. The van der Waals surface area contributed by atoms with Crippen molar-refractivity contribution in [1.29, 1.82) is 0 Å². The fourth-order valence-electron chi connectivity index (χ4n) is 3.51. The average Bonchev–Trinajstić information content (AvgIpc) is 3.44. The number of nitrogens with zero attached hydrogens (tertiary/aromatic N) is 1. The number of amides is 3. The number of carbonyl (C=O) groups is 3. The van der Waals surface area contributed by atoms with Gasteiger partial charge < -0.3 is 23.9 Å². The molecule has 0 bridgehead atoms. The Bertz CT molecular complexity index is 1380. The SMILES string of the molecule is CCOc1cc(/C=C2\NC(=O)N(Cc3ccc(C(=O)OC)o3)C2=O)ccc1OCc1ccc(Br)cc1Br. The van der Waals surface area contributed by atoms with Crippen LogP contribution in [0.15, 0.2) is 67.6 Å². The fourth-order valence-corrected chi connectivity index (χ4v) is 4.67. The number of nitrogens with one attached hydrogen (secondary N) is 1. The topological polar surface area (TPSA) is 107 Å². The largest absolute Gasteiger partial charge is 0.490 e. The average molecular weight is 634 g/mol. The van der Waals surface area contributed by atoms with Crippen molar-refractivity contribution in [2.45, 2.75) is 20.1 Å². The summed E-state index contributed by atoms with van der Waals surface area (Å²) in [6, 6.07) is 13.4. The number of urea groups is 1. The van der Waals surface area contributed by atoms with Crippen molar-refractivity contribution in [2.24, 2.45) is 0 Å². The van der Waals surface area contributed by atoms with E-state index in [0.717, 1.165) is 19.4 Å². The molecule has 0 saturated carbocycles. The molecule has 9 nitrogen and oxygen atoms in total. The second-order valence-corrected chi connectivity index (χ2v) is 9.57. The first-order valence-corrected chi connectivity index (χ1v) is 12.7. The molecule has 2 heterocycles. The Morgan fingerprint density at radius 1 is 1.05 bits per heavy atom. The highest BCUT2D eigenvalue weighted by atomic mass is 79.9. The highest BCUT2D eigenvalue weighted by Crippen LogP contribution is 2.32. The summed E-state index contributed by atoms with van der Waals surface area (Å²) in [5, 5.41) is 2.57. The van der Waals surface area contributed by atoms with Gasteiger partial charge in [-0.25, -0.2) is 9.59 Å². The molecule has 37 heavy (non-hydrogen) atoms. The number of imide groups is 1. The van der Waals surface area contributed by atoms with Crippen LogP contribution in [0.1, 0.15) is 34.4 Å². The molecule has 1 fully saturated rings. The Balaban J connectivity index is 1.49. The molecule has 2 aromatic carbocycles. The number of hydrogen-bond acceptors (Lipinski definition) is 7. The summed E-state index contributed by atoms with van der Waals surface area (Å²) in [5.74, 6) is 0.123. The van der Waals surface area contributed by atoms with E-state index in [4.69, 9.17) is 13.9 Å². The lowest BCUT2D eigenvalue weighted by atomic mass is 10.1. The maximum atomic E-state index is 12.9. The minimum Gasteiger partial charge on any atom is -0.490 e. The molecule has 1 saturated heterocycles. The Morgan fingerprint density at radius 3 is 2.59 bits per heavy atom. The molecule has 192 valence electrons. The molecule has 0 atom stereocenters. The molecule has 0 radical (unpaired) electrons. The summed E-state index contributed by atoms with van der Waals surface area (Å²) in [4.78, 5) is 37.9. The molecule has 11 heteroatoms. The van der Waals surface area contributed by atoms with Gasteiger partial charge in [0.25, 0.3) is 5.91 Å². The van der Waals surface area contributed by atoms with Gasteiger partial charge in [0.05, 0.1) is 20.3 Å². The lowest BCUT2D eigenvalue weighted by Crippen LogP contribution is -2.30. The molecule has 0 aliphatic carbocycles. The Morgan fingerprint density at radius 2 is 1.86 bits per heavy atom. The van der Waals surface area contributed by atoms with Crippen LogP contribution in [0.5, 0.6) is 11.5 Å². The van der Waals surface area contributed by atoms with Crippen LogP contribution in [0.3, 0.4) is 0 Å². The zero-order valence-corrected chi connectivity index (χ0v) is 23.1. The first kappa shape index (κ1) is 26.5. The molecule has 0 unspecified atom stereocenters. The van der Waals surface area contributed by atoms with Gasteiger partial charge in [0.1, 0.15) is 18.1 Å². The molecule has 0 spiro atoms. The van der Waals surface area contributed by atoms with E-state index in [9.17, 15) is 14.4 Å². The monoisotopic (exact) mass is 632 g/mol. The third kappa shape index (κ3) is 6.23. The molecule has 3 amide bonds. The van der Waals surface area contributed by atoms with Gasteiger partial charge >= 0.3 is 12.0 Å². The highest BCUT2D eigenvalue weighted by molar-refractivity contribution is 9.11. The van der Waals surface area contributed by atoms with Gasteiger partial charge in [-0.1, -0.05) is 44.0 Å². The molecule has 1 N–H and O–H groups in total. The Kier molecular flexibility index (Phi) is 8.34. The van der Waals surface area contributed by atoms with Gasteiger partial charge in [-0.2, -0.15) is 0 Å². The van der Waals surface area contributed by atoms with Crippen molar-refractivity contribution in [3.05, 3.63) is 85.8 Å². The Hall–Kier alpha value is -3.57. The van der Waals surface area contributed by atoms with Crippen LogP contribution >= 0.6 is 31.9 Å². The minimum absolute atomic E-state index is 0.0152. The van der Waals surface area contributed by atoms with Crippen molar-refractivity contribution in [3.8, 4) is 11.5 Å². The summed E-state index contributed by atoms with van der Waals surface area (Å²) >= 11 is 6.97. The van der Waals surface area contributed by atoms with Crippen LogP contribution in [0.4, 0.5) is 4.79 Å². The van der Waals surface area contributed by atoms with Gasteiger partial charge in [0.2, 0.25) is 5.76 Å². The van der Waals surface area contributed by atoms with Gasteiger partial charge in [-0.05, 0) is 55.0 Å². The number of rotatable bonds is 9. The first-order chi connectivity index (χ1) is 17.8. The number of esters is 1. The molecule has 4 rings (SSSR count). The molecule has 1 aliphatic rings. The van der Waals surface area contributed by atoms with Crippen molar-refractivity contribution in [3.63, 3.8) is 0 Å². The summed E-state index contributed by atoms with van der Waals surface area (Å²) in [6.45, 7) is 2.46. The molecule has 3 aromatic rings. The molecule has 1 aliphatic heterocycles. The second kappa shape index (κ2) is 11.7. The third-order valence-corrected chi connectivity index (χ3v) is 6.53. The van der Waals surface area contributed by atoms with E-state index in [2.05, 4.69) is 41.9 Å². The predicted octanol–water partition coefficient (Wildman–Crippen LogP) is 5.66. The van der Waals surface area contributed by atoms with Crippen LogP contribution in [0, 0.1) is 0 Å². The fraction of sp³-hybridized carbons (Fsp3) is 0.192. The summed E-state index contributed by atoms with van der Waals surface area (Å²) in [6.07, 6.45) is 1.56. The smallest absolute Gasteiger partial charge is 0.373 e. The van der Waals surface area contributed by atoms with Gasteiger partial charge in [0.15, 0.2) is 11.5 Å². The summed E-state index contributed by atoms with van der Waals surface area (Å²) < 4.78 is 23.6. The van der Waals surface area contributed by atoms with Crippen LogP contribution in [-0.2, 0) is 22.7 Å². The van der Waals surface area contributed by atoms with E-state index in [-0.39, 0.29) is 23.8 Å². The van der Waals surface area contributed by atoms with E-state index < -0.39 is 17.9 Å². The zero-order valence-electron chi connectivity index (χ0n) is 19.9. The maximum Gasteiger partial charge on any atom is 0.373 e. The highest BCUT2D eigenvalue weighted by Gasteiger charge is 2.34. The Labute approximate surface area is 229 Å². The van der Waals surface area contributed by atoms with E-state index in [0.29, 0.717) is 30.3 Å². The number of carbonyl (C=O) groups excluding carboxylic acids is 3. The van der Waals surface area contributed by atoms with Crippen LogP contribution < -0.4 is 14.8 Å². The van der Waals surface area contributed by atoms with E-state index >= 15 is 0 Å². The summed E-state index contributed by atoms with van der Waals surface area (Å²) in [5.41, 5.74) is 1.70. The predicted molar refractivity (Wildman–Crippen MR) is 141 cm³/mol. The van der Waals surface area contributed by atoms with Crippen LogP contribution in [0.25, 0.3) is 6.08 Å². The maximum absolute atomic E-state index is 12.9. The minimum atomic E-state index is -0.647. The zero-order chi connectivity index (χ0) is 26.5. The number of methoxy groups -OCH3 is 1. The molecular formula is C26H22Br2N2O7. The lowest BCUT2D eigenvalue weighted by molar-refractivity contribution is -0.123. The number of benzene rings is 2. The van der Waals surface area contributed by atoms with Gasteiger partial charge in [-0.3, -0.25) is 9.69 Å². The van der Waals surface area contributed by atoms with Crippen molar-refractivity contribution >= 4 is 55.8 Å². The third-order valence-electron chi connectivity index (χ3n) is 5.30. The van der Waals surface area contributed by atoms with Crippen LogP contribution in [0.2, 0.25) is 0 Å². The van der Waals surface area contributed by atoms with Crippen molar-refractivity contribution < 1.29 is 33.0 Å². The van der Waals surface area contributed by atoms with Gasteiger partial charge in [0, 0.05) is 14.5 Å². The number of hydrogen-bond donors (Lipinski definition) is 1. The quantitative estimate of drug-likeness (QED) is 0.184. The summed E-state index contributed by atoms with van der Waals surface area (Å²) in [7, 11) is 1.23. The molecular weight excluding hydrogens is 612 g/mol. The lowest BCUT2D eigenvalue weighted by Gasteiger charge is -2.14. The van der Waals surface area contributed by atoms with Gasteiger partial charge in [-0.15, -0.1) is 0 Å². The van der Waals surface area contributed by atoms with Crippen molar-refractivity contribution in [2.75, 3.05) is 13.7 Å². The number of halogens is 2.